The number of allylic oxidation sites excluding steroid dienone is 7. The van der Waals surface area contributed by atoms with Gasteiger partial charge in [0.2, 0.25) is 0 Å². The first-order valence-corrected chi connectivity index (χ1v) is 6.87. The smallest absolute Gasteiger partial charge is 0.102 e. The highest BCUT2D eigenvalue weighted by molar-refractivity contribution is 7.11. The monoisotopic (exact) mass is 275 g/mol. The molecule has 0 saturated heterocycles. The van der Waals surface area contributed by atoms with Crippen molar-refractivity contribution in [3.63, 3.8) is 0 Å². The van der Waals surface area contributed by atoms with E-state index in [0.29, 0.717) is 5.57 Å². The van der Waals surface area contributed by atoms with Crippen LogP contribution in [0.4, 0.5) is 0 Å². The number of thiophene rings is 1. The summed E-state index contributed by atoms with van der Waals surface area (Å²) in [5.41, 5.74) is 3.08. The van der Waals surface area contributed by atoms with E-state index in [1.807, 2.05) is 52.9 Å². The van der Waals surface area contributed by atoms with Crippen molar-refractivity contribution < 1.29 is 0 Å². The first-order valence-electron chi connectivity index (χ1n) is 5.99. The van der Waals surface area contributed by atoms with Crippen LogP contribution in [0.3, 0.4) is 0 Å². The molecule has 20 heavy (non-hydrogen) atoms. The average Bonchev–Trinajstić information content (AvgIpc) is 3.01. The molecular formula is C16H9N3S. The normalized spacial score (nSPS) is 18.6. The quantitative estimate of drug-likeness (QED) is 0.734. The van der Waals surface area contributed by atoms with Crippen molar-refractivity contribution in [2.24, 2.45) is 0 Å². The van der Waals surface area contributed by atoms with Crippen LogP contribution in [0.5, 0.6) is 0 Å². The van der Waals surface area contributed by atoms with Gasteiger partial charge in [-0.05, 0) is 29.7 Å². The summed E-state index contributed by atoms with van der Waals surface area (Å²) in [5, 5.41) is 20.4. The second-order valence-corrected chi connectivity index (χ2v) is 5.12. The Balaban J connectivity index is 2.24. The summed E-state index contributed by atoms with van der Waals surface area (Å²) in [7, 11) is 0. The Morgan fingerprint density at radius 1 is 1.25 bits per heavy atom. The molecule has 1 aromatic rings. The lowest BCUT2D eigenvalue weighted by Gasteiger charge is -2.30. The molecule has 0 fully saturated rings. The SMILES string of the molecule is N#C/C=C1\C=C(c2cccs2)C(C#N)=C2C=CC=CN21. The molecule has 0 aromatic carbocycles. The first-order chi connectivity index (χ1) is 9.85. The first kappa shape index (κ1) is 12.2. The molecule has 2 aliphatic rings. The molecule has 1 aromatic heterocycles. The van der Waals surface area contributed by atoms with Gasteiger partial charge in [-0.15, -0.1) is 11.3 Å². The van der Waals surface area contributed by atoms with Crippen molar-refractivity contribution >= 4 is 16.9 Å². The van der Waals surface area contributed by atoms with E-state index in [1.165, 1.54) is 6.08 Å². The third kappa shape index (κ3) is 1.89. The van der Waals surface area contributed by atoms with Crippen LogP contribution in [-0.4, -0.2) is 4.90 Å². The number of fused-ring (bicyclic) bond motifs is 1. The highest BCUT2D eigenvalue weighted by Crippen LogP contribution is 2.38. The van der Waals surface area contributed by atoms with Gasteiger partial charge in [0.15, 0.2) is 0 Å². The molecule has 3 nitrogen and oxygen atoms in total. The van der Waals surface area contributed by atoms with Crippen molar-refractivity contribution in [1.29, 1.82) is 10.5 Å². The van der Waals surface area contributed by atoms with E-state index in [4.69, 9.17) is 5.26 Å². The third-order valence-electron chi connectivity index (χ3n) is 3.07. The van der Waals surface area contributed by atoms with E-state index >= 15 is 0 Å². The molecule has 0 saturated carbocycles. The molecule has 0 N–H and O–H groups in total. The predicted octanol–water partition coefficient (Wildman–Crippen LogP) is 3.72. The molecular weight excluding hydrogens is 266 g/mol. The van der Waals surface area contributed by atoms with Crippen molar-refractivity contribution in [3.8, 4) is 12.1 Å². The van der Waals surface area contributed by atoms with E-state index in [2.05, 4.69) is 12.1 Å². The van der Waals surface area contributed by atoms with Gasteiger partial charge in [0, 0.05) is 22.7 Å². The van der Waals surface area contributed by atoms with Gasteiger partial charge >= 0.3 is 0 Å². The van der Waals surface area contributed by atoms with Gasteiger partial charge in [-0.1, -0.05) is 12.1 Å². The number of rotatable bonds is 1. The molecule has 2 aliphatic heterocycles. The minimum absolute atomic E-state index is 0.628. The summed E-state index contributed by atoms with van der Waals surface area (Å²) in [6, 6.07) is 8.28. The van der Waals surface area contributed by atoms with E-state index in [-0.39, 0.29) is 0 Å². The molecule has 3 rings (SSSR count). The molecule has 0 atom stereocenters. The van der Waals surface area contributed by atoms with E-state index in [1.54, 1.807) is 11.3 Å². The number of nitrogens with zero attached hydrogens (tertiary/aromatic N) is 3. The van der Waals surface area contributed by atoms with Crippen LogP contribution in [0.25, 0.3) is 5.57 Å². The van der Waals surface area contributed by atoms with Crippen molar-refractivity contribution in [2.75, 3.05) is 0 Å². The van der Waals surface area contributed by atoms with Crippen LogP contribution < -0.4 is 0 Å². The number of nitriles is 2. The maximum Gasteiger partial charge on any atom is 0.102 e. The van der Waals surface area contributed by atoms with Crippen LogP contribution in [0.15, 0.2) is 71.1 Å². The largest absolute Gasteiger partial charge is 0.315 e. The minimum Gasteiger partial charge on any atom is -0.315 e. The predicted molar refractivity (Wildman–Crippen MR) is 78.8 cm³/mol. The fourth-order valence-electron chi connectivity index (χ4n) is 2.22. The maximum absolute atomic E-state index is 9.50. The minimum atomic E-state index is 0.628. The summed E-state index contributed by atoms with van der Waals surface area (Å²) in [4.78, 5) is 2.89. The Morgan fingerprint density at radius 2 is 2.15 bits per heavy atom. The molecule has 94 valence electrons. The second kappa shape index (κ2) is 5.05. The molecule has 0 radical (unpaired) electrons. The van der Waals surface area contributed by atoms with Gasteiger partial charge in [0.05, 0.1) is 23.0 Å². The van der Waals surface area contributed by atoms with Crippen LogP contribution >= 0.6 is 11.3 Å². The van der Waals surface area contributed by atoms with Crippen LogP contribution in [0.2, 0.25) is 0 Å². The molecule has 0 spiro atoms. The summed E-state index contributed by atoms with van der Waals surface area (Å²) in [6.07, 6.45) is 10.9. The fraction of sp³-hybridized carbons (Fsp3) is 0. The molecule has 0 unspecified atom stereocenters. The Kier molecular flexibility index (Phi) is 3.09. The highest BCUT2D eigenvalue weighted by Gasteiger charge is 2.25. The Morgan fingerprint density at radius 3 is 2.85 bits per heavy atom. The molecule has 3 heterocycles. The molecule has 0 bridgehead atoms. The van der Waals surface area contributed by atoms with Crippen molar-refractivity contribution in [3.05, 3.63) is 75.9 Å². The van der Waals surface area contributed by atoms with Gasteiger partial charge in [0.25, 0.3) is 0 Å². The fourth-order valence-corrected chi connectivity index (χ4v) is 2.97. The number of hydrogen-bond acceptors (Lipinski definition) is 4. The topological polar surface area (TPSA) is 50.8 Å². The van der Waals surface area contributed by atoms with Crippen LogP contribution in [0, 0.1) is 22.7 Å². The molecule has 0 aliphatic carbocycles. The van der Waals surface area contributed by atoms with E-state index < -0.39 is 0 Å². The zero-order valence-electron chi connectivity index (χ0n) is 10.4. The Bertz CT molecular complexity index is 775. The van der Waals surface area contributed by atoms with E-state index in [0.717, 1.165) is 21.8 Å². The lowest BCUT2D eigenvalue weighted by Crippen LogP contribution is -2.21. The van der Waals surface area contributed by atoms with Gasteiger partial charge in [-0.2, -0.15) is 10.5 Å². The summed E-state index contributed by atoms with van der Waals surface area (Å²) in [6.45, 7) is 0. The average molecular weight is 275 g/mol. The van der Waals surface area contributed by atoms with Gasteiger partial charge in [-0.25, -0.2) is 0 Å². The highest BCUT2D eigenvalue weighted by atomic mass is 32.1. The van der Waals surface area contributed by atoms with Crippen molar-refractivity contribution in [2.45, 2.75) is 0 Å². The molecule has 0 amide bonds. The third-order valence-corrected chi connectivity index (χ3v) is 3.97. The lowest BCUT2D eigenvalue weighted by atomic mass is 9.96. The number of hydrogen-bond donors (Lipinski definition) is 0. The van der Waals surface area contributed by atoms with Crippen LogP contribution in [-0.2, 0) is 0 Å². The maximum atomic E-state index is 9.50. The zero-order valence-corrected chi connectivity index (χ0v) is 11.3. The second-order valence-electron chi connectivity index (χ2n) is 4.18. The standard InChI is InChI=1S/C16H9N3S/c17-7-6-12-10-13(16-5-3-9-20-16)14(11-18)15-4-1-2-8-19(12)15/h1-6,8-10H/b12-6+. The summed E-state index contributed by atoms with van der Waals surface area (Å²) in [5.74, 6) is 0. The Hall–Kier alpha value is -2.82. The molecule has 4 heteroatoms. The van der Waals surface area contributed by atoms with Gasteiger partial charge in [-0.3, -0.25) is 0 Å². The zero-order chi connectivity index (χ0) is 13.9. The van der Waals surface area contributed by atoms with Crippen molar-refractivity contribution in [1.82, 2.24) is 4.90 Å². The van der Waals surface area contributed by atoms with E-state index in [9.17, 15) is 5.26 Å². The van der Waals surface area contributed by atoms with Gasteiger partial charge < -0.3 is 4.90 Å². The Labute approximate surface area is 121 Å². The lowest BCUT2D eigenvalue weighted by molar-refractivity contribution is 0.600. The summed E-state index contributed by atoms with van der Waals surface area (Å²) >= 11 is 1.58. The van der Waals surface area contributed by atoms with Gasteiger partial charge in [0.1, 0.15) is 6.07 Å². The van der Waals surface area contributed by atoms with Crippen LogP contribution in [0.1, 0.15) is 4.88 Å². The summed E-state index contributed by atoms with van der Waals surface area (Å²) < 4.78 is 0.